The van der Waals surface area contributed by atoms with Crippen molar-refractivity contribution in [3.8, 4) is 0 Å². The van der Waals surface area contributed by atoms with E-state index >= 15 is 0 Å². The molecule has 0 radical (unpaired) electrons. The summed E-state index contributed by atoms with van der Waals surface area (Å²) in [4.78, 5) is 0. The normalized spacial score (nSPS) is 48.5. The minimum absolute atomic E-state index is 0.0150. The smallest absolute Gasteiger partial charge is 0.0543 e. The van der Waals surface area contributed by atoms with Crippen molar-refractivity contribution in [2.24, 2.45) is 11.3 Å². The Morgan fingerprint density at radius 3 is 2.83 bits per heavy atom. The number of aliphatic hydroxyl groups is 1. The molecule has 3 atom stereocenters. The van der Waals surface area contributed by atoms with E-state index in [0.717, 1.165) is 18.8 Å². The van der Waals surface area contributed by atoms with Crippen LogP contribution < -0.4 is 0 Å². The average Bonchev–Trinajstić information content (AvgIpc) is 2.06. The zero-order valence-electron chi connectivity index (χ0n) is 8.05. The maximum Gasteiger partial charge on any atom is 0.0543 e. The van der Waals surface area contributed by atoms with E-state index in [0.29, 0.717) is 5.41 Å². The lowest BCUT2D eigenvalue weighted by atomic mass is 9.60. The minimum atomic E-state index is 0.0150. The number of hydrogen-bond donors (Lipinski definition) is 1. The Morgan fingerprint density at radius 1 is 1.17 bits per heavy atom. The molecular formula is C11H20O. The summed E-state index contributed by atoms with van der Waals surface area (Å²) in [6, 6.07) is 0. The van der Waals surface area contributed by atoms with Gasteiger partial charge >= 0.3 is 0 Å². The van der Waals surface area contributed by atoms with Crippen LogP contribution >= 0.6 is 0 Å². The van der Waals surface area contributed by atoms with E-state index in [2.05, 4.69) is 6.92 Å². The van der Waals surface area contributed by atoms with Gasteiger partial charge in [-0.2, -0.15) is 0 Å². The molecule has 2 fully saturated rings. The highest BCUT2D eigenvalue weighted by Crippen LogP contribution is 2.49. The lowest BCUT2D eigenvalue weighted by Gasteiger charge is -2.46. The van der Waals surface area contributed by atoms with Crippen LogP contribution in [0.1, 0.15) is 51.9 Å². The van der Waals surface area contributed by atoms with E-state index in [-0.39, 0.29) is 6.10 Å². The Bertz CT molecular complexity index is 166. The first kappa shape index (κ1) is 8.55. The summed E-state index contributed by atoms with van der Waals surface area (Å²) in [6.45, 7) is 2.43. The first-order chi connectivity index (χ1) is 5.71. The van der Waals surface area contributed by atoms with Gasteiger partial charge in [-0.25, -0.2) is 0 Å². The fourth-order valence-corrected chi connectivity index (χ4v) is 3.15. The van der Waals surface area contributed by atoms with Crippen molar-refractivity contribution in [3.05, 3.63) is 0 Å². The molecule has 0 unspecified atom stereocenters. The average molecular weight is 168 g/mol. The van der Waals surface area contributed by atoms with E-state index in [1.54, 1.807) is 0 Å². The summed E-state index contributed by atoms with van der Waals surface area (Å²) in [5.74, 6) is 0.829. The van der Waals surface area contributed by atoms with Crippen LogP contribution in [0.5, 0.6) is 0 Å². The third kappa shape index (κ3) is 1.39. The second-order valence-corrected chi connectivity index (χ2v) is 5.02. The van der Waals surface area contributed by atoms with Gasteiger partial charge in [-0.05, 0) is 43.4 Å². The Labute approximate surface area is 75.2 Å². The number of fused-ring (bicyclic) bond motifs is 1. The Kier molecular flexibility index (Phi) is 2.16. The minimum Gasteiger partial charge on any atom is -0.393 e. The Hall–Kier alpha value is -0.0400. The van der Waals surface area contributed by atoms with E-state index in [1.807, 2.05) is 0 Å². The van der Waals surface area contributed by atoms with Gasteiger partial charge in [0.2, 0.25) is 0 Å². The van der Waals surface area contributed by atoms with E-state index in [9.17, 15) is 5.11 Å². The summed E-state index contributed by atoms with van der Waals surface area (Å²) in [7, 11) is 0. The summed E-state index contributed by atoms with van der Waals surface area (Å²) < 4.78 is 0. The van der Waals surface area contributed by atoms with E-state index in [1.165, 1.54) is 32.1 Å². The van der Waals surface area contributed by atoms with Gasteiger partial charge in [0.25, 0.3) is 0 Å². The van der Waals surface area contributed by atoms with Crippen LogP contribution in [0.4, 0.5) is 0 Å². The molecule has 0 aromatic carbocycles. The molecule has 2 saturated carbocycles. The molecule has 2 aliphatic rings. The first-order valence-corrected chi connectivity index (χ1v) is 5.39. The fourth-order valence-electron chi connectivity index (χ4n) is 3.15. The second-order valence-electron chi connectivity index (χ2n) is 5.02. The molecule has 70 valence electrons. The predicted molar refractivity (Wildman–Crippen MR) is 49.9 cm³/mol. The van der Waals surface area contributed by atoms with Crippen molar-refractivity contribution in [2.45, 2.75) is 58.0 Å². The maximum absolute atomic E-state index is 9.56. The SMILES string of the molecule is C[C@@]12CCCC[C@@H]1C[C@H](O)CC2. The molecule has 0 spiro atoms. The lowest BCUT2D eigenvalue weighted by molar-refractivity contribution is -0.00751. The van der Waals surface area contributed by atoms with Gasteiger partial charge < -0.3 is 5.11 Å². The number of aliphatic hydroxyl groups excluding tert-OH is 1. The zero-order valence-corrected chi connectivity index (χ0v) is 8.05. The highest BCUT2D eigenvalue weighted by Gasteiger charge is 2.40. The molecule has 0 bridgehead atoms. The van der Waals surface area contributed by atoms with Gasteiger partial charge in [0.1, 0.15) is 0 Å². The van der Waals surface area contributed by atoms with E-state index in [4.69, 9.17) is 0 Å². The van der Waals surface area contributed by atoms with Gasteiger partial charge in [0, 0.05) is 0 Å². The van der Waals surface area contributed by atoms with Crippen LogP contribution in [0.25, 0.3) is 0 Å². The molecule has 0 amide bonds. The Morgan fingerprint density at radius 2 is 2.00 bits per heavy atom. The summed E-state index contributed by atoms with van der Waals surface area (Å²) in [6.07, 6.45) is 9.00. The first-order valence-electron chi connectivity index (χ1n) is 5.39. The maximum atomic E-state index is 9.56. The molecule has 2 aliphatic carbocycles. The van der Waals surface area contributed by atoms with Crippen molar-refractivity contribution in [1.82, 2.24) is 0 Å². The molecule has 0 aromatic rings. The molecule has 0 heterocycles. The molecule has 2 rings (SSSR count). The van der Waals surface area contributed by atoms with Crippen LogP contribution in [0.2, 0.25) is 0 Å². The molecule has 0 aromatic heterocycles. The standard InChI is InChI=1S/C11H20O/c1-11-6-3-2-4-9(11)8-10(12)5-7-11/h9-10,12H,2-8H2,1H3/t9-,10-,11+/m1/s1. The number of hydrogen-bond acceptors (Lipinski definition) is 1. The van der Waals surface area contributed by atoms with Crippen LogP contribution in [-0.2, 0) is 0 Å². The summed E-state index contributed by atoms with van der Waals surface area (Å²) >= 11 is 0. The van der Waals surface area contributed by atoms with Gasteiger partial charge in [-0.15, -0.1) is 0 Å². The van der Waals surface area contributed by atoms with Gasteiger partial charge in [0.05, 0.1) is 6.10 Å². The second kappa shape index (κ2) is 3.02. The quantitative estimate of drug-likeness (QED) is 0.589. The van der Waals surface area contributed by atoms with Gasteiger partial charge in [-0.1, -0.05) is 19.8 Å². The van der Waals surface area contributed by atoms with Crippen molar-refractivity contribution >= 4 is 0 Å². The monoisotopic (exact) mass is 168 g/mol. The molecule has 12 heavy (non-hydrogen) atoms. The highest BCUT2D eigenvalue weighted by atomic mass is 16.3. The molecule has 0 saturated heterocycles. The third-order valence-electron chi connectivity index (χ3n) is 4.14. The largest absolute Gasteiger partial charge is 0.393 e. The van der Waals surface area contributed by atoms with Crippen molar-refractivity contribution < 1.29 is 5.11 Å². The predicted octanol–water partition coefficient (Wildman–Crippen LogP) is 2.73. The highest BCUT2D eigenvalue weighted by molar-refractivity contribution is 4.91. The van der Waals surface area contributed by atoms with Crippen molar-refractivity contribution in [1.29, 1.82) is 0 Å². The molecule has 1 N–H and O–H groups in total. The van der Waals surface area contributed by atoms with Crippen molar-refractivity contribution in [3.63, 3.8) is 0 Å². The molecular weight excluding hydrogens is 148 g/mol. The topological polar surface area (TPSA) is 20.2 Å². The van der Waals surface area contributed by atoms with Gasteiger partial charge in [0.15, 0.2) is 0 Å². The van der Waals surface area contributed by atoms with E-state index < -0.39 is 0 Å². The fraction of sp³-hybridized carbons (Fsp3) is 1.00. The van der Waals surface area contributed by atoms with Gasteiger partial charge in [-0.3, -0.25) is 0 Å². The molecule has 1 heteroatoms. The summed E-state index contributed by atoms with van der Waals surface area (Å²) in [5.41, 5.74) is 0.595. The van der Waals surface area contributed by atoms with Crippen molar-refractivity contribution in [2.75, 3.05) is 0 Å². The molecule has 0 aliphatic heterocycles. The molecule has 1 nitrogen and oxygen atoms in total. The zero-order chi connectivity index (χ0) is 8.60. The summed E-state index contributed by atoms with van der Waals surface area (Å²) in [5, 5.41) is 9.56. The van der Waals surface area contributed by atoms with Crippen LogP contribution in [0.3, 0.4) is 0 Å². The number of rotatable bonds is 0. The Balaban J connectivity index is 2.06. The van der Waals surface area contributed by atoms with Crippen LogP contribution in [-0.4, -0.2) is 11.2 Å². The van der Waals surface area contributed by atoms with Crippen LogP contribution in [0, 0.1) is 11.3 Å². The lowest BCUT2D eigenvalue weighted by Crippen LogP contribution is -2.38. The third-order valence-corrected chi connectivity index (χ3v) is 4.14. The van der Waals surface area contributed by atoms with Crippen LogP contribution in [0.15, 0.2) is 0 Å².